The molecule has 11 heavy (non-hydrogen) atoms. The Morgan fingerprint density at radius 1 is 1.82 bits per heavy atom. The summed E-state index contributed by atoms with van der Waals surface area (Å²) in [5, 5.41) is 2.36. The van der Waals surface area contributed by atoms with E-state index in [-0.39, 0.29) is 12.3 Å². The predicted octanol–water partition coefficient (Wildman–Crippen LogP) is -1.40. The Morgan fingerprint density at radius 3 is 3.09 bits per heavy atom. The molecule has 1 radical (unpaired) electrons. The molecule has 0 spiro atoms. The van der Waals surface area contributed by atoms with Crippen LogP contribution in [0.5, 0.6) is 0 Å². The van der Waals surface area contributed by atoms with Crippen LogP contribution in [0.25, 0.3) is 0 Å². The Labute approximate surface area is 64.4 Å². The molecule has 1 aliphatic rings. The summed E-state index contributed by atoms with van der Waals surface area (Å²) >= 11 is 0. The minimum absolute atomic E-state index is 0.0316. The van der Waals surface area contributed by atoms with Gasteiger partial charge in [-0.3, -0.25) is 9.59 Å². The zero-order valence-corrected chi connectivity index (χ0v) is 5.99. The first kappa shape index (κ1) is 8.07. The highest BCUT2D eigenvalue weighted by Gasteiger charge is 2.28. The fourth-order valence-corrected chi connectivity index (χ4v) is 0.712. The number of amides is 1. The lowest BCUT2D eigenvalue weighted by atomic mass is 10.1. The van der Waals surface area contributed by atoms with Crippen LogP contribution in [-0.2, 0) is 18.9 Å². The lowest BCUT2D eigenvalue weighted by Crippen LogP contribution is -2.41. The molecule has 5 nitrogen and oxygen atoms in total. The first-order chi connectivity index (χ1) is 5.24. The molecule has 1 amide bonds. The van der Waals surface area contributed by atoms with Gasteiger partial charge in [-0.15, -0.1) is 0 Å². The fourth-order valence-electron chi connectivity index (χ4n) is 0.712. The van der Waals surface area contributed by atoms with Gasteiger partial charge >= 0.3 is 7.69 Å². The summed E-state index contributed by atoms with van der Waals surface area (Å²) in [5.74, 6) is -0.775. The van der Waals surface area contributed by atoms with Crippen LogP contribution in [0.4, 0.5) is 0 Å². The minimum Gasteiger partial charge on any atom is -0.511 e. The van der Waals surface area contributed by atoms with Crippen LogP contribution in [0, 0.1) is 0 Å². The van der Waals surface area contributed by atoms with Crippen molar-refractivity contribution in [2.24, 2.45) is 0 Å². The summed E-state index contributed by atoms with van der Waals surface area (Å²) in [6.07, 6.45) is -0.767. The maximum atomic E-state index is 10.8. The topological polar surface area (TPSA) is 64.6 Å². The summed E-state index contributed by atoms with van der Waals surface area (Å²) in [6.45, 7) is 0. The molecule has 1 unspecified atom stereocenters. The molecule has 59 valence electrons. The zero-order valence-electron chi connectivity index (χ0n) is 5.99. The highest BCUT2D eigenvalue weighted by molar-refractivity contribution is 6.24. The van der Waals surface area contributed by atoms with Crippen LogP contribution in [0.15, 0.2) is 0 Å². The highest BCUT2D eigenvalue weighted by Crippen LogP contribution is 2.05. The zero-order chi connectivity index (χ0) is 8.27. The van der Waals surface area contributed by atoms with Gasteiger partial charge in [0, 0.05) is 7.05 Å². The number of carbonyl (C=O) groups is 2. The van der Waals surface area contributed by atoms with Crippen molar-refractivity contribution in [1.82, 2.24) is 5.32 Å². The Hall–Kier alpha value is -1.04. The summed E-state index contributed by atoms with van der Waals surface area (Å²) < 4.78 is 9.06. The predicted molar refractivity (Wildman–Crippen MR) is 35.4 cm³/mol. The molecule has 0 aromatic rings. The largest absolute Gasteiger partial charge is 0.574 e. The van der Waals surface area contributed by atoms with Crippen molar-refractivity contribution in [2.45, 2.75) is 12.5 Å². The van der Waals surface area contributed by atoms with E-state index in [1.807, 2.05) is 0 Å². The first-order valence-electron chi connectivity index (χ1n) is 3.12. The van der Waals surface area contributed by atoms with Crippen molar-refractivity contribution in [1.29, 1.82) is 0 Å². The molecule has 6 heteroatoms. The van der Waals surface area contributed by atoms with Gasteiger partial charge < -0.3 is 14.6 Å². The van der Waals surface area contributed by atoms with E-state index in [0.29, 0.717) is 0 Å². The molecule has 1 N–H and O–H groups in total. The fraction of sp³-hybridized carbons (Fsp3) is 0.600. The summed E-state index contributed by atoms with van der Waals surface area (Å²) in [7, 11) is 2.36. The molecule has 1 atom stereocenters. The molecular formula is C5H7BNO4. The van der Waals surface area contributed by atoms with Crippen LogP contribution in [0.1, 0.15) is 6.42 Å². The molecule has 0 aliphatic carbocycles. The molecule has 1 fully saturated rings. The lowest BCUT2D eigenvalue weighted by Gasteiger charge is -2.19. The second-order valence-electron chi connectivity index (χ2n) is 2.03. The Balaban J connectivity index is 2.45. The Morgan fingerprint density at radius 2 is 2.55 bits per heavy atom. The van der Waals surface area contributed by atoms with E-state index in [1.54, 1.807) is 0 Å². The first-order valence-corrected chi connectivity index (χ1v) is 3.12. The van der Waals surface area contributed by atoms with E-state index in [0.717, 1.165) is 7.69 Å². The number of rotatable bonds is 1. The third-order valence-electron chi connectivity index (χ3n) is 1.29. The standard InChI is InChI=1S/C5H7BNO4/c1-7-5(9)3-2-4(8)11-6-10-3/h3H,2H2,1H3,(H,7,9). The van der Waals surface area contributed by atoms with Crippen LogP contribution in [0.3, 0.4) is 0 Å². The second-order valence-corrected chi connectivity index (χ2v) is 2.03. The monoisotopic (exact) mass is 156 g/mol. The third-order valence-corrected chi connectivity index (χ3v) is 1.29. The van der Waals surface area contributed by atoms with E-state index < -0.39 is 12.1 Å². The average molecular weight is 156 g/mol. The maximum Gasteiger partial charge on any atom is 0.574 e. The number of carbonyl (C=O) groups excluding carboxylic acids is 2. The van der Waals surface area contributed by atoms with Gasteiger partial charge in [0.05, 0.1) is 6.42 Å². The van der Waals surface area contributed by atoms with Crippen LogP contribution in [-0.4, -0.2) is 32.7 Å². The number of likely N-dealkylation sites (N-methyl/N-ethyl adjacent to an activating group) is 1. The molecule has 1 heterocycles. The normalized spacial score (nSPS) is 23.4. The number of hydrogen-bond acceptors (Lipinski definition) is 4. The number of hydrogen-bond donors (Lipinski definition) is 1. The van der Waals surface area contributed by atoms with Crippen molar-refractivity contribution < 1.29 is 18.9 Å². The van der Waals surface area contributed by atoms with Crippen molar-refractivity contribution in [3.05, 3.63) is 0 Å². The van der Waals surface area contributed by atoms with E-state index >= 15 is 0 Å². The molecule has 0 aromatic heterocycles. The van der Waals surface area contributed by atoms with Crippen LogP contribution < -0.4 is 5.32 Å². The Kier molecular flexibility index (Phi) is 2.48. The molecule has 1 aliphatic heterocycles. The van der Waals surface area contributed by atoms with E-state index in [1.165, 1.54) is 7.05 Å². The molecule has 0 saturated carbocycles. The summed E-state index contributed by atoms with van der Waals surface area (Å²) in [5.41, 5.74) is 0. The van der Waals surface area contributed by atoms with E-state index in [2.05, 4.69) is 9.97 Å². The number of nitrogens with one attached hydrogen (secondary N) is 1. The van der Waals surface area contributed by atoms with Gasteiger partial charge in [0.25, 0.3) is 5.97 Å². The van der Waals surface area contributed by atoms with Gasteiger partial charge in [-0.05, 0) is 0 Å². The van der Waals surface area contributed by atoms with E-state index in [4.69, 9.17) is 4.65 Å². The van der Waals surface area contributed by atoms with Gasteiger partial charge in [0.2, 0.25) is 5.91 Å². The van der Waals surface area contributed by atoms with Gasteiger partial charge in [-0.25, -0.2) is 0 Å². The van der Waals surface area contributed by atoms with Crippen molar-refractivity contribution in [2.75, 3.05) is 7.05 Å². The second kappa shape index (κ2) is 3.38. The van der Waals surface area contributed by atoms with Crippen LogP contribution in [0.2, 0.25) is 0 Å². The quantitative estimate of drug-likeness (QED) is 0.474. The van der Waals surface area contributed by atoms with Gasteiger partial charge in [-0.1, -0.05) is 0 Å². The third kappa shape index (κ3) is 1.94. The summed E-state index contributed by atoms with van der Waals surface area (Å²) in [6, 6.07) is 0. The molecule has 1 rings (SSSR count). The molecule has 0 aromatic carbocycles. The minimum atomic E-state index is -0.735. The van der Waals surface area contributed by atoms with E-state index in [9.17, 15) is 9.59 Å². The van der Waals surface area contributed by atoms with Gasteiger partial charge in [0.1, 0.15) is 6.10 Å². The molecule has 1 saturated heterocycles. The SMILES string of the molecule is CNC(=O)C1CC(=O)O[B]O1. The summed E-state index contributed by atoms with van der Waals surface area (Å²) in [4.78, 5) is 21.4. The van der Waals surface area contributed by atoms with Gasteiger partial charge in [0.15, 0.2) is 0 Å². The van der Waals surface area contributed by atoms with Crippen LogP contribution >= 0.6 is 0 Å². The smallest absolute Gasteiger partial charge is 0.511 e. The molecular weight excluding hydrogens is 149 g/mol. The highest BCUT2D eigenvalue weighted by atomic mass is 16.6. The molecule has 0 bridgehead atoms. The average Bonchev–Trinajstić information content (AvgIpc) is 2.03. The van der Waals surface area contributed by atoms with Crippen molar-refractivity contribution in [3.63, 3.8) is 0 Å². The Bertz CT molecular complexity index is 183. The maximum absolute atomic E-state index is 10.8. The lowest BCUT2D eigenvalue weighted by molar-refractivity contribution is -0.147. The van der Waals surface area contributed by atoms with Gasteiger partial charge in [-0.2, -0.15) is 0 Å². The van der Waals surface area contributed by atoms with Crippen molar-refractivity contribution >= 4 is 19.6 Å². The van der Waals surface area contributed by atoms with Crippen molar-refractivity contribution in [3.8, 4) is 0 Å².